The molecular weight excluding hydrogens is 176 g/mol. The molecule has 0 aliphatic rings. The van der Waals surface area contributed by atoms with Gasteiger partial charge in [0.05, 0.1) is 0 Å². The van der Waals surface area contributed by atoms with E-state index >= 15 is 0 Å². The fourth-order valence-electron chi connectivity index (χ4n) is 0.850. The van der Waals surface area contributed by atoms with E-state index in [0.717, 1.165) is 11.8 Å². The van der Waals surface area contributed by atoms with Crippen LogP contribution in [0.2, 0.25) is 0 Å². The maximum Gasteiger partial charge on any atom is 0.179 e. The first-order valence-corrected chi connectivity index (χ1v) is 5.22. The summed E-state index contributed by atoms with van der Waals surface area (Å²) >= 11 is 0. The van der Waals surface area contributed by atoms with Crippen LogP contribution in [0.5, 0.6) is 0 Å². The maximum absolute atomic E-state index is 11.1. The number of nitrogen functional groups attached to an aromatic ring is 1. The Kier molecular flexibility index (Phi) is 2.06. The van der Waals surface area contributed by atoms with Crippen molar-refractivity contribution in [2.45, 2.75) is 11.8 Å². The molecule has 0 aliphatic heterocycles. The fraction of sp³-hybridized carbons (Fsp3) is 0.286. The standard InChI is InChI=1S/C7H10N2O2S/c1-5-3-6(12(2,10)11)7(8)9-4-5/h3-4H,1-2H3,(H2,8,9). The second-order valence-corrected chi connectivity index (χ2v) is 4.65. The summed E-state index contributed by atoms with van der Waals surface area (Å²) in [4.78, 5) is 3.84. The Bertz CT molecular complexity index is 398. The van der Waals surface area contributed by atoms with Crippen molar-refractivity contribution in [3.63, 3.8) is 0 Å². The third-order valence-electron chi connectivity index (χ3n) is 1.42. The van der Waals surface area contributed by atoms with E-state index in [1.54, 1.807) is 6.92 Å². The van der Waals surface area contributed by atoms with Crippen LogP contribution in [-0.2, 0) is 9.84 Å². The van der Waals surface area contributed by atoms with Crippen LogP contribution in [0.3, 0.4) is 0 Å². The molecule has 2 N–H and O–H groups in total. The van der Waals surface area contributed by atoms with Crippen LogP contribution >= 0.6 is 0 Å². The zero-order valence-electron chi connectivity index (χ0n) is 6.90. The zero-order valence-corrected chi connectivity index (χ0v) is 7.72. The van der Waals surface area contributed by atoms with Crippen LogP contribution in [-0.4, -0.2) is 19.7 Å². The van der Waals surface area contributed by atoms with Gasteiger partial charge in [-0.3, -0.25) is 0 Å². The van der Waals surface area contributed by atoms with Gasteiger partial charge in [0.2, 0.25) is 0 Å². The molecule has 0 aliphatic carbocycles. The number of aromatic nitrogens is 1. The highest BCUT2D eigenvalue weighted by Gasteiger charge is 2.11. The van der Waals surface area contributed by atoms with Crippen LogP contribution in [0.25, 0.3) is 0 Å². The Morgan fingerprint density at radius 1 is 1.50 bits per heavy atom. The molecule has 0 bridgehead atoms. The Labute approximate surface area is 71.3 Å². The molecule has 4 nitrogen and oxygen atoms in total. The zero-order chi connectivity index (χ0) is 9.35. The van der Waals surface area contributed by atoms with Gasteiger partial charge in [-0.1, -0.05) is 0 Å². The van der Waals surface area contributed by atoms with Gasteiger partial charge < -0.3 is 5.73 Å². The third-order valence-corrected chi connectivity index (χ3v) is 2.54. The Balaban J connectivity index is 3.43. The number of pyridine rings is 1. The van der Waals surface area contributed by atoms with E-state index in [2.05, 4.69) is 4.98 Å². The Morgan fingerprint density at radius 3 is 2.50 bits per heavy atom. The van der Waals surface area contributed by atoms with Gasteiger partial charge in [0, 0.05) is 12.5 Å². The predicted molar refractivity (Wildman–Crippen MR) is 46.5 cm³/mol. The molecule has 0 unspecified atom stereocenters. The van der Waals surface area contributed by atoms with Gasteiger partial charge >= 0.3 is 0 Å². The molecule has 1 aromatic rings. The van der Waals surface area contributed by atoms with Gasteiger partial charge in [-0.15, -0.1) is 0 Å². The molecule has 0 radical (unpaired) electrons. The molecule has 1 rings (SSSR count). The van der Waals surface area contributed by atoms with E-state index < -0.39 is 9.84 Å². The third kappa shape index (κ3) is 1.73. The fourth-order valence-corrected chi connectivity index (χ4v) is 1.68. The van der Waals surface area contributed by atoms with E-state index in [1.807, 2.05) is 0 Å². The highest BCUT2D eigenvalue weighted by molar-refractivity contribution is 7.90. The number of hydrogen-bond acceptors (Lipinski definition) is 4. The molecule has 0 aromatic carbocycles. The minimum absolute atomic E-state index is 0.0584. The molecule has 0 fully saturated rings. The van der Waals surface area contributed by atoms with Crippen LogP contribution < -0.4 is 5.73 Å². The first-order chi connectivity index (χ1) is 5.41. The normalized spacial score (nSPS) is 11.5. The molecule has 0 saturated heterocycles. The number of aryl methyl sites for hydroxylation is 1. The van der Waals surface area contributed by atoms with Crippen molar-refractivity contribution in [1.82, 2.24) is 4.98 Å². The summed E-state index contributed by atoms with van der Waals surface area (Å²) < 4.78 is 22.2. The molecule has 1 aromatic heterocycles. The SMILES string of the molecule is Cc1cnc(N)c(S(C)(=O)=O)c1. The summed E-state index contributed by atoms with van der Waals surface area (Å²) in [5, 5.41) is 0. The Morgan fingerprint density at radius 2 is 2.08 bits per heavy atom. The van der Waals surface area contributed by atoms with Gasteiger partial charge in [0.1, 0.15) is 10.7 Å². The van der Waals surface area contributed by atoms with Crippen molar-refractivity contribution >= 4 is 15.7 Å². The molecule has 1 heterocycles. The smallest absolute Gasteiger partial charge is 0.179 e. The lowest BCUT2D eigenvalue weighted by Gasteiger charge is -2.02. The van der Waals surface area contributed by atoms with Gasteiger partial charge in [0.15, 0.2) is 9.84 Å². The van der Waals surface area contributed by atoms with Gasteiger partial charge in [0.25, 0.3) is 0 Å². The van der Waals surface area contributed by atoms with E-state index in [9.17, 15) is 8.42 Å². The Hall–Kier alpha value is -1.10. The molecule has 0 saturated carbocycles. The number of nitrogens with two attached hydrogens (primary N) is 1. The van der Waals surface area contributed by atoms with Crippen molar-refractivity contribution in [2.75, 3.05) is 12.0 Å². The molecule has 0 atom stereocenters. The summed E-state index contributed by atoms with van der Waals surface area (Å²) in [5.41, 5.74) is 6.17. The van der Waals surface area contributed by atoms with Crippen molar-refractivity contribution in [1.29, 1.82) is 0 Å². The minimum atomic E-state index is -3.24. The highest BCUT2D eigenvalue weighted by atomic mass is 32.2. The molecule has 12 heavy (non-hydrogen) atoms. The average molecular weight is 186 g/mol. The van der Waals surface area contributed by atoms with E-state index in [1.165, 1.54) is 12.3 Å². The molecule has 5 heteroatoms. The van der Waals surface area contributed by atoms with Gasteiger partial charge in [-0.2, -0.15) is 0 Å². The van der Waals surface area contributed by atoms with Gasteiger partial charge in [-0.25, -0.2) is 13.4 Å². The summed E-state index contributed by atoms with van der Waals surface area (Å²) in [5.74, 6) is 0.0584. The lowest BCUT2D eigenvalue weighted by atomic mass is 10.3. The lowest BCUT2D eigenvalue weighted by Crippen LogP contribution is -2.04. The first kappa shape index (κ1) is 8.99. The van der Waals surface area contributed by atoms with Gasteiger partial charge in [-0.05, 0) is 18.6 Å². The second-order valence-electron chi connectivity index (χ2n) is 2.67. The number of anilines is 1. The maximum atomic E-state index is 11.1. The van der Waals surface area contributed by atoms with E-state index in [0.29, 0.717) is 0 Å². The van der Waals surface area contributed by atoms with Crippen LogP contribution in [0.1, 0.15) is 5.56 Å². The molecule has 66 valence electrons. The summed E-state index contributed by atoms with van der Waals surface area (Å²) in [6.45, 7) is 1.76. The quantitative estimate of drug-likeness (QED) is 0.688. The predicted octanol–water partition coefficient (Wildman–Crippen LogP) is 0.376. The second kappa shape index (κ2) is 2.75. The minimum Gasteiger partial charge on any atom is -0.383 e. The monoisotopic (exact) mass is 186 g/mol. The average Bonchev–Trinajstić information content (AvgIpc) is 1.92. The topological polar surface area (TPSA) is 73.0 Å². The largest absolute Gasteiger partial charge is 0.383 e. The number of sulfone groups is 1. The molecular formula is C7H10N2O2S. The molecule has 0 spiro atoms. The number of nitrogens with zero attached hydrogens (tertiary/aromatic N) is 1. The summed E-state index contributed by atoms with van der Waals surface area (Å²) in [7, 11) is -3.24. The van der Waals surface area contributed by atoms with E-state index in [4.69, 9.17) is 5.73 Å². The highest BCUT2D eigenvalue weighted by Crippen LogP contribution is 2.15. The van der Waals surface area contributed by atoms with E-state index in [-0.39, 0.29) is 10.7 Å². The molecule has 0 amide bonds. The number of rotatable bonds is 1. The van der Waals surface area contributed by atoms with Crippen molar-refractivity contribution < 1.29 is 8.42 Å². The van der Waals surface area contributed by atoms with Crippen molar-refractivity contribution in [3.8, 4) is 0 Å². The van der Waals surface area contributed by atoms with Crippen molar-refractivity contribution in [2.24, 2.45) is 0 Å². The number of hydrogen-bond donors (Lipinski definition) is 1. The summed E-state index contributed by atoms with van der Waals surface area (Å²) in [6.07, 6.45) is 2.64. The summed E-state index contributed by atoms with van der Waals surface area (Å²) in [6, 6.07) is 1.51. The van der Waals surface area contributed by atoms with Crippen molar-refractivity contribution in [3.05, 3.63) is 17.8 Å². The van der Waals surface area contributed by atoms with Crippen LogP contribution in [0.4, 0.5) is 5.82 Å². The van der Waals surface area contributed by atoms with Crippen LogP contribution in [0.15, 0.2) is 17.2 Å². The lowest BCUT2D eigenvalue weighted by molar-refractivity contribution is 0.602. The van der Waals surface area contributed by atoms with Crippen LogP contribution in [0, 0.1) is 6.92 Å². The first-order valence-electron chi connectivity index (χ1n) is 3.33.